The zero-order valence-electron chi connectivity index (χ0n) is 12.3. The fourth-order valence-corrected chi connectivity index (χ4v) is 2.03. The summed E-state index contributed by atoms with van der Waals surface area (Å²) < 4.78 is 10.9. The van der Waals surface area contributed by atoms with Crippen molar-refractivity contribution < 1.29 is 14.5 Å². The van der Waals surface area contributed by atoms with Gasteiger partial charge in [0.15, 0.2) is 5.82 Å². The number of rotatable bonds is 6. The Morgan fingerprint density at radius 2 is 1.87 bits per heavy atom. The first-order valence-electron chi connectivity index (χ1n) is 7.13. The second-order valence-corrected chi connectivity index (χ2v) is 4.79. The van der Waals surface area contributed by atoms with Crippen molar-refractivity contribution in [1.82, 2.24) is 10.1 Å². The molecule has 2 aromatic carbocycles. The van der Waals surface area contributed by atoms with E-state index < -0.39 is 0 Å². The maximum atomic E-state index is 8.46. The molecule has 0 aliphatic carbocycles. The lowest BCUT2D eigenvalue weighted by Gasteiger charge is -2.04. The Kier molecular flexibility index (Phi) is 4.63. The molecule has 116 valence electrons. The molecule has 1 heterocycles. The molecule has 6 heteroatoms. The van der Waals surface area contributed by atoms with Crippen LogP contribution in [0.5, 0.6) is 5.75 Å². The van der Waals surface area contributed by atoms with Crippen LogP contribution < -0.4 is 4.74 Å². The first-order chi connectivity index (χ1) is 11.3. The van der Waals surface area contributed by atoms with Crippen molar-refractivity contribution in [3.05, 3.63) is 66.0 Å². The van der Waals surface area contributed by atoms with Gasteiger partial charge in [0.25, 0.3) is 5.89 Å². The van der Waals surface area contributed by atoms with Crippen LogP contribution in [0.3, 0.4) is 0 Å². The highest BCUT2D eigenvalue weighted by Crippen LogP contribution is 2.16. The number of ether oxygens (including phenoxy) is 1. The van der Waals surface area contributed by atoms with Gasteiger partial charge in [0, 0.05) is 12.0 Å². The molecule has 0 atom stereocenters. The number of hydrogen-bond donors (Lipinski definition) is 1. The van der Waals surface area contributed by atoms with Gasteiger partial charge in [-0.1, -0.05) is 28.5 Å². The van der Waals surface area contributed by atoms with Crippen molar-refractivity contribution in [3.8, 4) is 17.2 Å². The molecule has 0 saturated heterocycles. The summed E-state index contributed by atoms with van der Waals surface area (Å²) in [5.74, 6) is 1.84. The van der Waals surface area contributed by atoms with Crippen LogP contribution in [0.1, 0.15) is 11.4 Å². The lowest BCUT2D eigenvalue weighted by Crippen LogP contribution is -2.02. The van der Waals surface area contributed by atoms with Gasteiger partial charge in [-0.15, -0.1) is 0 Å². The van der Waals surface area contributed by atoms with Gasteiger partial charge < -0.3 is 14.5 Å². The standard InChI is InChI=1S/C17H15N3O3/c21-18-12-13-6-8-15(9-7-13)22-11-10-16-19-17(23-20-16)14-4-2-1-3-5-14/h1-9,12,21H,10-11H2/b18-12+. The van der Waals surface area contributed by atoms with Crippen LogP contribution >= 0.6 is 0 Å². The van der Waals surface area contributed by atoms with Crippen LogP contribution in [0.4, 0.5) is 0 Å². The van der Waals surface area contributed by atoms with Crippen molar-refractivity contribution in [2.45, 2.75) is 6.42 Å². The number of oxime groups is 1. The molecule has 0 aliphatic heterocycles. The summed E-state index contributed by atoms with van der Waals surface area (Å²) in [6.07, 6.45) is 1.91. The molecule has 23 heavy (non-hydrogen) atoms. The van der Waals surface area contributed by atoms with E-state index in [1.807, 2.05) is 42.5 Å². The molecule has 0 aliphatic rings. The highest BCUT2D eigenvalue weighted by atomic mass is 16.5. The summed E-state index contributed by atoms with van der Waals surface area (Å²) >= 11 is 0. The van der Waals surface area contributed by atoms with E-state index in [1.165, 1.54) is 6.21 Å². The minimum Gasteiger partial charge on any atom is -0.493 e. The highest BCUT2D eigenvalue weighted by Gasteiger charge is 2.08. The van der Waals surface area contributed by atoms with Crippen molar-refractivity contribution in [2.24, 2.45) is 5.16 Å². The Balaban J connectivity index is 1.54. The number of benzene rings is 2. The number of aromatic nitrogens is 2. The molecule has 6 nitrogen and oxygen atoms in total. The second kappa shape index (κ2) is 7.22. The molecule has 3 aromatic rings. The summed E-state index contributed by atoms with van der Waals surface area (Å²) in [6.45, 7) is 0.446. The van der Waals surface area contributed by atoms with Crippen LogP contribution in [0.2, 0.25) is 0 Å². The van der Waals surface area contributed by atoms with Gasteiger partial charge in [-0.25, -0.2) is 0 Å². The Hall–Kier alpha value is -3.15. The van der Waals surface area contributed by atoms with Gasteiger partial charge in [-0.05, 0) is 42.0 Å². The van der Waals surface area contributed by atoms with E-state index in [0.29, 0.717) is 24.7 Å². The Labute approximate surface area is 133 Å². The van der Waals surface area contributed by atoms with Crippen molar-refractivity contribution in [3.63, 3.8) is 0 Å². The molecule has 0 saturated carbocycles. The van der Waals surface area contributed by atoms with Crippen LogP contribution in [0.25, 0.3) is 11.5 Å². The summed E-state index contributed by atoms with van der Waals surface area (Å²) in [7, 11) is 0. The van der Waals surface area contributed by atoms with E-state index in [-0.39, 0.29) is 0 Å². The fourth-order valence-electron chi connectivity index (χ4n) is 2.03. The average molecular weight is 309 g/mol. The summed E-state index contributed by atoms with van der Waals surface area (Å²) in [4.78, 5) is 4.35. The van der Waals surface area contributed by atoms with Gasteiger partial charge >= 0.3 is 0 Å². The van der Waals surface area contributed by atoms with E-state index in [9.17, 15) is 0 Å². The maximum absolute atomic E-state index is 8.46. The molecule has 0 radical (unpaired) electrons. The molecular weight excluding hydrogens is 294 g/mol. The smallest absolute Gasteiger partial charge is 0.257 e. The van der Waals surface area contributed by atoms with E-state index in [4.69, 9.17) is 14.5 Å². The fraction of sp³-hybridized carbons (Fsp3) is 0.118. The topological polar surface area (TPSA) is 80.7 Å². The van der Waals surface area contributed by atoms with Crippen LogP contribution in [0.15, 0.2) is 64.3 Å². The van der Waals surface area contributed by atoms with E-state index in [2.05, 4.69) is 15.3 Å². The minimum absolute atomic E-state index is 0.446. The molecule has 0 unspecified atom stereocenters. The van der Waals surface area contributed by atoms with Crippen LogP contribution in [-0.4, -0.2) is 28.2 Å². The predicted octanol–water partition coefficient (Wildman–Crippen LogP) is 3.17. The Bertz CT molecular complexity index is 767. The normalized spacial score (nSPS) is 11.0. The molecule has 0 fully saturated rings. The zero-order chi connectivity index (χ0) is 15.9. The van der Waals surface area contributed by atoms with Crippen LogP contribution in [0, 0.1) is 0 Å². The molecule has 1 aromatic heterocycles. The van der Waals surface area contributed by atoms with Gasteiger partial charge in [-0.3, -0.25) is 0 Å². The molecule has 0 amide bonds. The maximum Gasteiger partial charge on any atom is 0.257 e. The lowest BCUT2D eigenvalue weighted by atomic mass is 10.2. The molecular formula is C17H15N3O3. The number of hydrogen-bond acceptors (Lipinski definition) is 6. The SMILES string of the molecule is O/N=C/c1ccc(OCCc2noc(-c3ccccc3)n2)cc1. The van der Waals surface area contributed by atoms with Crippen molar-refractivity contribution in [2.75, 3.05) is 6.61 Å². The quantitative estimate of drug-likeness (QED) is 0.430. The Morgan fingerprint density at radius 3 is 2.61 bits per heavy atom. The monoisotopic (exact) mass is 309 g/mol. The van der Waals surface area contributed by atoms with E-state index in [0.717, 1.165) is 16.9 Å². The summed E-state index contributed by atoms with van der Waals surface area (Å²) in [5, 5.41) is 15.4. The third-order valence-corrected chi connectivity index (χ3v) is 3.17. The summed E-state index contributed by atoms with van der Waals surface area (Å²) in [6, 6.07) is 16.8. The van der Waals surface area contributed by atoms with E-state index >= 15 is 0 Å². The molecule has 0 bridgehead atoms. The largest absolute Gasteiger partial charge is 0.493 e. The third-order valence-electron chi connectivity index (χ3n) is 3.17. The zero-order valence-corrected chi connectivity index (χ0v) is 12.3. The molecule has 3 rings (SSSR count). The third kappa shape index (κ3) is 3.94. The van der Waals surface area contributed by atoms with Gasteiger partial charge in [0.05, 0.1) is 12.8 Å². The predicted molar refractivity (Wildman–Crippen MR) is 84.8 cm³/mol. The van der Waals surface area contributed by atoms with Gasteiger partial charge in [0.2, 0.25) is 0 Å². The van der Waals surface area contributed by atoms with Crippen LogP contribution in [-0.2, 0) is 6.42 Å². The lowest BCUT2D eigenvalue weighted by molar-refractivity contribution is 0.315. The Morgan fingerprint density at radius 1 is 1.09 bits per heavy atom. The summed E-state index contributed by atoms with van der Waals surface area (Å²) in [5.41, 5.74) is 1.69. The number of nitrogens with zero attached hydrogens (tertiary/aromatic N) is 3. The molecule has 0 spiro atoms. The second-order valence-electron chi connectivity index (χ2n) is 4.79. The minimum atomic E-state index is 0.446. The van der Waals surface area contributed by atoms with Crippen molar-refractivity contribution >= 4 is 6.21 Å². The van der Waals surface area contributed by atoms with Crippen molar-refractivity contribution in [1.29, 1.82) is 0 Å². The van der Waals surface area contributed by atoms with Gasteiger partial charge in [-0.2, -0.15) is 4.98 Å². The molecule has 1 N–H and O–H groups in total. The van der Waals surface area contributed by atoms with Gasteiger partial charge in [0.1, 0.15) is 5.75 Å². The first kappa shape index (κ1) is 14.8. The first-order valence-corrected chi connectivity index (χ1v) is 7.13. The van der Waals surface area contributed by atoms with E-state index in [1.54, 1.807) is 12.1 Å². The highest BCUT2D eigenvalue weighted by molar-refractivity contribution is 5.79. The average Bonchev–Trinajstić information content (AvgIpc) is 3.06.